The fourth-order valence-corrected chi connectivity index (χ4v) is 4.65. The fraction of sp³-hybridized carbons (Fsp3) is 0.0667. The highest BCUT2D eigenvalue weighted by Crippen LogP contribution is 2.32. The van der Waals surface area contributed by atoms with Crippen LogP contribution in [-0.2, 0) is 13.0 Å². The number of fused-ring (bicyclic) bond motifs is 2. The third-order valence-corrected chi connectivity index (χ3v) is 6.32. The number of furan rings is 1. The molecular formula is C30H23BrN2O3. The Kier molecular flexibility index (Phi) is 6.96. The van der Waals surface area contributed by atoms with E-state index in [0.29, 0.717) is 18.6 Å². The highest BCUT2D eigenvalue weighted by Gasteiger charge is 2.12. The molecule has 1 heterocycles. The molecule has 1 N–H and O–H groups in total. The van der Waals surface area contributed by atoms with Crippen LogP contribution < -0.4 is 10.2 Å². The quantitative estimate of drug-likeness (QED) is 0.127. The second-order valence-corrected chi connectivity index (χ2v) is 9.16. The number of allylic oxidation sites excluding steroid dienone is 1. The second-order valence-electron chi connectivity index (χ2n) is 8.30. The van der Waals surface area contributed by atoms with Crippen LogP contribution in [0.1, 0.15) is 27.2 Å². The van der Waals surface area contributed by atoms with Gasteiger partial charge in [-0.3, -0.25) is 4.79 Å². The Balaban J connectivity index is 1.29. The summed E-state index contributed by atoms with van der Waals surface area (Å²) in [4.78, 5) is 12.4. The van der Waals surface area contributed by atoms with Crippen molar-refractivity contribution in [1.82, 2.24) is 5.43 Å². The van der Waals surface area contributed by atoms with E-state index < -0.39 is 5.91 Å². The van der Waals surface area contributed by atoms with Gasteiger partial charge >= 0.3 is 5.91 Å². The van der Waals surface area contributed by atoms with E-state index in [2.05, 4.69) is 63.4 Å². The molecule has 4 aromatic carbocycles. The van der Waals surface area contributed by atoms with Crippen LogP contribution in [0.2, 0.25) is 0 Å². The van der Waals surface area contributed by atoms with Gasteiger partial charge in [-0.05, 0) is 80.1 Å². The van der Waals surface area contributed by atoms with E-state index in [0.717, 1.165) is 32.3 Å². The van der Waals surface area contributed by atoms with E-state index in [9.17, 15) is 4.79 Å². The van der Waals surface area contributed by atoms with Crippen molar-refractivity contribution in [2.24, 2.45) is 5.10 Å². The zero-order valence-electron chi connectivity index (χ0n) is 19.4. The Bertz CT molecular complexity index is 1570. The minimum atomic E-state index is -0.414. The number of nitrogens with one attached hydrogen (secondary N) is 1. The molecule has 5 aromatic rings. The van der Waals surface area contributed by atoms with Gasteiger partial charge in [-0.15, -0.1) is 6.58 Å². The Morgan fingerprint density at radius 1 is 0.972 bits per heavy atom. The zero-order chi connectivity index (χ0) is 24.9. The SMILES string of the molecule is C=CCc1cc(/C=N/NC(=O)c2cc3ccccc3o2)cc(Br)c1OCc1ccc2ccccc2c1. The molecule has 0 bridgehead atoms. The van der Waals surface area contributed by atoms with Crippen molar-refractivity contribution in [3.63, 3.8) is 0 Å². The van der Waals surface area contributed by atoms with Crippen LogP contribution in [0.25, 0.3) is 21.7 Å². The van der Waals surface area contributed by atoms with Crippen LogP contribution in [-0.4, -0.2) is 12.1 Å². The molecule has 0 atom stereocenters. The van der Waals surface area contributed by atoms with E-state index >= 15 is 0 Å². The van der Waals surface area contributed by atoms with Crippen LogP contribution in [0.5, 0.6) is 5.75 Å². The fourth-order valence-electron chi connectivity index (χ4n) is 4.02. The van der Waals surface area contributed by atoms with Crippen LogP contribution in [0.15, 0.2) is 112 Å². The van der Waals surface area contributed by atoms with Crippen molar-refractivity contribution >= 4 is 49.8 Å². The third-order valence-electron chi connectivity index (χ3n) is 5.73. The molecule has 0 saturated carbocycles. The maximum atomic E-state index is 12.4. The molecule has 0 aliphatic rings. The Morgan fingerprint density at radius 3 is 2.56 bits per heavy atom. The molecule has 6 heteroatoms. The molecule has 0 aliphatic heterocycles. The molecule has 1 aromatic heterocycles. The number of carbonyl (C=O) groups is 1. The van der Waals surface area contributed by atoms with Crippen molar-refractivity contribution < 1.29 is 13.9 Å². The highest BCUT2D eigenvalue weighted by molar-refractivity contribution is 9.10. The number of benzene rings is 4. The average Bonchev–Trinajstić information content (AvgIpc) is 3.33. The topological polar surface area (TPSA) is 63.8 Å². The molecule has 178 valence electrons. The van der Waals surface area contributed by atoms with Gasteiger partial charge in [0.05, 0.1) is 10.7 Å². The number of amides is 1. The average molecular weight is 539 g/mol. The van der Waals surface area contributed by atoms with Crippen molar-refractivity contribution in [2.75, 3.05) is 0 Å². The standard InChI is InChI=1S/C30H23BrN2O3/c1-2-7-25-15-21(18-32-33-30(34)28-17-24-10-5-6-11-27(24)36-28)16-26(31)29(25)35-19-20-12-13-22-8-3-4-9-23(22)14-20/h2-6,8-18H,1,7,19H2,(H,33,34)/b32-18+. The number of hydrogen-bond donors (Lipinski definition) is 1. The number of para-hydroxylation sites is 1. The maximum absolute atomic E-state index is 12.4. The first-order chi connectivity index (χ1) is 17.6. The normalized spacial score (nSPS) is 11.2. The van der Waals surface area contributed by atoms with Crippen molar-refractivity contribution in [3.8, 4) is 5.75 Å². The van der Waals surface area contributed by atoms with Gasteiger partial charge in [0.2, 0.25) is 0 Å². The van der Waals surface area contributed by atoms with E-state index in [1.165, 1.54) is 10.8 Å². The predicted molar refractivity (Wildman–Crippen MR) is 148 cm³/mol. The first kappa shape index (κ1) is 23.6. The first-order valence-corrected chi connectivity index (χ1v) is 12.3. The minimum absolute atomic E-state index is 0.208. The van der Waals surface area contributed by atoms with Crippen LogP contribution in [0.4, 0.5) is 0 Å². The molecule has 0 unspecified atom stereocenters. The first-order valence-electron chi connectivity index (χ1n) is 11.5. The Morgan fingerprint density at radius 2 is 1.75 bits per heavy atom. The molecular weight excluding hydrogens is 516 g/mol. The lowest BCUT2D eigenvalue weighted by atomic mass is 10.1. The van der Waals surface area contributed by atoms with E-state index in [4.69, 9.17) is 9.15 Å². The van der Waals surface area contributed by atoms with Crippen LogP contribution in [0, 0.1) is 0 Å². The molecule has 0 saturated heterocycles. The summed E-state index contributed by atoms with van der Waals surface area (Å²) in [5.74, 6) is 0.550. The summed E-state index contributed by atoms with van der Waals surface area (Å²) in [6.07, 6.45) is 4.04. The van der Waals surface area contributed by atoms with E-state index in [-0.39, 0.29) is 5.76 Å². The maximum Gasteiger partial charge on any atom is 0.307 e. The van der Waals surface area contributed by atoms with Crippen molar-refractivity contribution in [2.45, 2.75) is 13.0 Å². The monoisotopic (exact) mass is 538 g/mol. The minimum Gasteiger partial charge on any atom is -0.487 e. The van der Waals surface area contributed by atoms with Gasteiger partial charge in [0.15, 0.2) is 5.76 Å². The lowest BCUT2D eigenvalue weighted by Crippen LogP contribution is -2.16. The van der Waals surface area contributed by atoms with E-state index in [1.807, 2.05) is 54.6 Å². The summed E-state index contributed by atoms with van der Waals surface area (Å²) < 4.78 is 12.6. The van der Waals surface area contributed by atoms with Gasteiger partial charge in [0.1, 0.15) is 17.9 Å². The largest absolute Gasteiger partial charge is 0.487 e. The van der Waals surface area contributed by atoms with Crippen molar-refractivity contribution in [1.29, 1.82) is 0 Å². The Hall–Kier alpha value is -4.16. The van der Waals surface area contributed by atoms with Gasteiger partial charge in [-0.1, -0.05) is 60.7 Å². The summed E-state index contributed by atoms with van der Waals surface area (Å²) >= 11 is 3.64. The summed E-state index contributed by atoms with van der Waals surface area (Å²) in [5, 5.41) is 7.36. The third kappa shape index (κ3) is 5.24. The summed E-state index contributed by atoms with van der Waals surface area (Å²) in [7, 11) is 0. The lowest BCUT2D eigenvalue weighted by Gasteiger charge is -2.14. The molecule has 0 aliphatic carbocycles. The van der Waals surface area contributed by atoms with Gasteiger partial charge in [-0.25, -0.2) is 5.43 Å². The summed E-state index contributed by atoms with van der Waals surface area (Å²) in [6, 6.07) is 27.6. The van der Waals surface area contributed by atoms with Gasteiger partial charge in [-0.2, -0.15) is 5.10 Å². The molecule has 1 amide bonds. The lowest BCUT2D eigenvalue weighted by molar-refractivity contribution is 0.0929. The Labute approximate surface area is 217 Å². The number of hydrazone groups is 1. The van der Waals surface area contributed by atoms with Gasteiger partial charge < -0.3 is 9.15 Å². The van der Waals surface area contributed by atoms with Crippen molar-refractivity contribution in [3.05, 3.63) is 125 Å². The molecule has 5 nitrogen and oxygen atoms in total. The number of hydrogen-bond acceptors (Lipinski definition) is 4. The molecule has 5 rings (SSSR count). The van der Waals surface area contributed by atoms with Crippen LogP contribution >= 0.6 is 15.9 Å². The highest BCUT2D eigenvalue weighted by atomic mass is 79.9. The molecule has 0 spiro atoms. The van der Waals surface area contributed by atoms with Gasteiger partial charge in [0.25, 0.3) is 0 Å². The summed E-state index contributed by atoms with van der Waals surface area (Å²) in [5.41, 5.74) is 6.04. The van der Waals surface area contributed by atoms with E-state index in [1.54, 1.807) is 12.3 Å². The molecule has 36 heavy (non-hydrogen) atoms. The number of ether oxygens (including phenoxy) is 1. The molecule has 0 radical (unpaired) electrons. The van der Waals surface area contributed by atoms with Crippen LogP contribution in [0.3, 0.4) is 0 Å². The zero-order valence-corrected chi connectivity index (χ0v) is 21.0. The smallest absolute Gasteiger partial charge is 0.307 e. The second kappa shape index (κ2) is 10.6. The number of carbonyl (C=O) groups excluding carboxylic acids is 1. The van der Waals surface area contributed by atoms with Gasteiger partial charge in [0, 0.05) is 5.39 Å². The number of nitrogens with zero attached hydrogens (tertiary/aromatic N) is 1. The number of halogens is 1. The number of rotatable bonds is 8. The predicted octanol–water partition coefficient (Wildman–Crippen LogP) is 7.42. The summed E-state index contributed by atoms with van der Waals surface area (Å²) in [6.45, 7) is 4.31. The molecule has 0 fully saturated rings.